The second-order valence-corrected chi connectivity index (χ2v) is 10.1. The van der Waals surface area contributed by atoms with E-state index in [2.05, 4.69) is 9.62 Å². The number of hydrogen-bond acceptors (Lipinski definition) is 4. The Kier molecular flexibility index (Phi) is 6.70. The van der Waals surface area contributed by atoms with E-state index < -0.39 is 10.0 Å². The summed E-state index contributed by atoms with van der Waals surface area (Å²) in [5.74, 6) is 0.157. The molecule has 0 unspecified atom stereocenters. The summed E-state index contributed by atoms with van der Waals surface area (Å²) < 4.78 is 27.8. The number of nitrogens with one attached hydrogen (secondary N) is 1. The molecule has 1 saturated heterocycles. The molecule has 0 spiro atoms. The number of anilines is 2. The number of benzene rings is 3. The molecule has 0 bridgehead atoms. The van der Waals surface area contributed by atoms with Crippen LogP contribution < -0.4 is 9.62 Å². The molecule has 7 heteroatoms. The molecule has 0 saturated carbocycles. The average Bonchev–Trinajstić information content (AvgIpc) is 2.81. The van der Waals surface area contributed by atoms with E-state index in [0.717, 1.165) is 35.5 Å². The van der Waals surface area contributed by atoms with Gasteiger partial charge in [0.2, 0.25) is 5.91 Å². The Hall–Kier alpha value is -3.32. The molecule has 1 fully saturated rings. The van der Waals surface area contributed by atoms with Gasteiger partial charge in [0, 0.05) is 37.6 Å². The van der Waals surface area contributed by atoms with Crippen LogP contribution in [0.3, 0.4) is 0 Å². The summed E-state index contributed by atoms with van der Waals surface area (Å²) in [4.78, 5) is 17.1. The molecular weight excluding hydrogens is 434 g/mol. The highest BCUT2D eigenvalue weighted by molar-refractivity contribution is 7.92. The van der Waals surface area contributed by atoms with Gasteiger partial charge in [-0.25, -0.2) is 8.42 Å². The van der Waals surface area contributed by atoms with Crippen LogP contribution >= 0.6 is 0 Å². The lowest BCUT2D eigenvalue weighted by Gasteiger charge is -2.36. The maximum Gasteiger partial charge on any atom is 0.261 e. The lowest BCUT2D eigenvalue weighted by Crippen LogP contribution is -2.49. The fourth-order valence-corrected chi connectivity index (χ4v) is 5.03. The van der Waals surface area contributed by atoms with Crippen molar-refractivity contribution in [1.82, 2.24) is 4.90 Å². The number of hydrogen-bond donors (Lipinski definition) is 1. The van der Waals surface area contributed by atoms with Crippen molar-refractivity contribution >= 4 is 27.3 Å². The van der Waals surface area contributed by atoms with Crippen LogP contribution in [-0.2, 0) is 21.2 Å². The predicted octanol–water partition coefficient (Wildman–Crippen LogP) is 4.00. The van der Waals surface area contributed by atoms with Crippen molar-refractivity contribution in [3.8, 4) is 0 Å². The van der Waals surface area contributed by atoms with Crippen molar-refractivity contribution in [2.75, 3.05) is 35.8 Å². The van der Waals surface area contributed by atoms with Crippen LogP contribution in [-0.4, -0.2) is 45.4 Å². The minimum Gasteiger partial charge on any atom is -0.368 e. The standard InChI is InChI=1S/C26H29N3O3S/c1-20-7-13-25(14-8-20)33(31,32)27-23-9-11-24(12-10-23)28-15-17-29(18-16-28)26(30)19-22-6-4-3-5-21(22)2/h3-14,27H,15-19H2,1-2H3. The molecule has 3 aromatic rings. The molecule has 0 radical (unpaired) electrons. The van der Waals surface area contributed by atoms with Crippen molar-refractivity contribution in [2.24, 2.45) is 0 Å². The van der Waals surface area contributed by atoms with Gasteiger partial charge >= 0.3 is 0 Å². The van der Waals surface area contributed by atoms with Crippen molar-refractivity contribution in [2.45, 2.75) is 25.2 Å². The fraction of sp³-hybridized carbons (Fsp3) is 0.269. The molecule has 4 rings (SSSR count). The van der Waals surface area contributed by atoms with Gasteiger partial charge in [-0.15, -0.1) is 0 Å². The Bertz CT molecular complexity index is 1210. The third kappa shape index (κ3) is 5.54. The van der Waals surface area contributed by atoms with Crippen molar-refractivity contribution in [3.63, 3.8) is 0 Å². The zero-order chi connectivity index (χ0) is 23.4. The number of carbonyl (C=O) groups is 1. The smallest absolute Gasteiger partial charge is 0.261 e. The van der Waals surface area contributed by atoms with Crippen LogP contribution in [0.1, 0.15) is 16.7 Å². The minimum atomic E-state index is -3.62. The van der Waals surface area contributed by atoms with E-state index in [4.69, 9.17) is 0 Å². The maximum absolute atomic E-state index is 12.7. The monoisotopic (exact) mass is 463 g/mol. The number of aryl methyl sites for hydroxylation is 2. The fourth-order valence-electron chi connectivity index (χ4n) is 3.97. The van der Waals surface area contributed by atoms with Crippen LogP contribution in [0, 0.1) is 13.8 Å². The average molecular weight is 464 g/mol. The molecular formula is C26H29N3O3S. The Morgan fingerprint density at radius 1 is 0.848 bits per heavy atom. The van der Waals surface area contributed by atoms with Crippen molar-refractivity contribution < 1.29 is 13.2 Å². The highest BCUT2D eigenvalue weighted by atomic mass is 32.2. The first kappa shape index (κ1) is 22.9. The molecule has 1 amide bonds. The number of rotatable bonds is 6. The molecule has 33 heavy (non-hydrogen) atoms. The number of nitrogens with zero attached hydrogens (tertiary/aromatic N) is 2. The van der Waals surface area contributed by atoms with Crippen LogP contribution in [0.2, 0.25) is 0 Å². The van der Waals surface area contributed by atoms with Crippen LogP contribution in [0.4, 0.5) is 11.4 Å². The quantitative estimate of drug-likeness (QED) is 0.600. The van der Waals surface area contributed by atoms with Crippen LogP contribution in [0.15, 0.2) is 77.7 Å². The number of piperazine rings is 1. The Morgan fingerprint density at radius 3 is 2.12 bits per heavy atom. The Labute approximate surface area is 195 Å². The molecule has 0 aliphatic carbocycles. The first-order valence-corrected chi connectivity index (χ1v) is 12.6. The van der Waals surface area contributed by atoms with Gasteiger partial charge in [-0.3, -0.25) is 9.52 Å². The highest BCUT2D eigenvalue weighted by Crippen LogP contribution is 2.22. The molecule has 1 aliphatic heterocycles. The van der Waals surface area contributed by atoms with Crippen LogP contribution in [0.25, 0.3) is 0 Å². The first-order chi connectivity index (χ1) is 15.8. The summed E-state index contributed by atoms with van der Waals surface area (Å²) in [6.07, 6.45) is 0.433. The van der Waals surface area contributed by atoms with E-state index in [1.165, 1.54) is 0 Å². The van der Waals surface area contributed by atoms with Gasteiger partial charge in [0.1, 0.15) is 0 Å². The van der Waals surface area contributed by atoms with Gasteiger partial charge in [0.25, 0.3) is 10.0 Å². The topological polar surface area (TPSA) is 69.7 Å². The van der Waals surface area contributed by atoms with Gasteiger partial charge in [-0.2, -0.15) is 0 Å². The molecule has 6 nitrogen and oxygen atoms in total. The first-order valence-electron chi connectivity index (χ1n) is 11.1. The van der Waals surface area contributed by atoms with Crippen molar-refractivity contribution in [1.29, 1.82) is 0 Å². The summed E-state index contributed by atoms with van der Waals surface area (Å²) in [5.41, 5.74) is 4.76. The third-order valence-electron chi connectivity index (χ3n) is 6.05. The summed E-state index contributed by atoms with van der Waals surface area (Å²) >= 11 is 0. The van der Waals surface area contributed by atoms with E-state index in [9.17, 15) is 13.2 Å². The van der Waals surface area contributed by atoms with Crippen LogP contribution in [0.5, 0.6) is 0 Å². The lowest BCUT2D eigenvalue weighted by molar-refractivity contribution is -0.130. The highest BCUT2D eigenvalue weighted by Gasteiger charge is 2.22. The van der Waals surface area contributed by atoms with E-state index in [1.54, 1.807) is 36.4 Å². The Morgan fingerprint density at radius 2 is 1.48 bits per heavy atom. The van der Waals surface area contributed by atoms with Crippen molar-refractivity contribution in [3.05, 3.63) is 89.5 Å². The van der Waals surface area contributed by atoms with E-state index in [0.29, 0.717) is 25.2 Å². The Balaban J connectivity index is 1.33. The summed E-state index contributed by atoms with van der Waals surface area (Å²) in [5, 5.41) is 0. The summed E-state index contributed by atoms with van der Waals surface area (Å²) in [6, 6.07) is 22.1. The van der Waals surface area contributed by atoms with E-state index in [-0.39, 0.29) is 10.8 Å². The molecule has 1 heterocycles. The SMILES string of the molecule is Cc1ccc(S(=O)(=O)Nc2ccc(N3CCN(C(=O)Cc4ccccc4C)CC3)cc2)cc1. The molecule has 1 N–H and O–H groups in total. The molecule has 3 aromatic carbocycles. The second kappa shape index (κ2) is 9.67. The van der Waals surface area contributed by atoms with Gasteiger partial charge in [0.15, 0.2) is 0 Å². The largest absolute Gasteiger partial charge is 0.368 e. The molecule has 172 valence electrons. The second-order valence-electron chi connectivity index (χ2n) is 8.44. The van der Waals surface area contributed by atoms with Gasteiger partial charge in [-0.1, -0.05) is 42.0 Å². The maximum atomic E-state index is 12.7. The normalized spacial score (nSPS) is 14.2. The van der Waals surface area contributed by atoms with Gasteiger partial charge in [-0.05, 0) is 61.4 Å². The lowest BCUT2D eigenvalue weighted by atomic mass is 10.1. The molecule has 1 aliphatic rings. The number of amides is 1. The third-order valence-corrected chi connectivity index (χ3v) is 7.45. The zero-order valence-corrected chi connectivity index (χ0v) is 19.8. The van der Waals surface area contributed by atoms with E-state index >= 15 is 0 Å². The zero-order valence-electron chi connectivity index (χ0n) is 19.0. The molecule has 0 aromatic heterocycles. The molecule has 0 atom stereocenters. The summed E-state index contributed by atoms with van der Waals surface area (Å²) in [7, 11) is -3.62. The summed E-state index contributed by atoms with van der Waals surface area (Å²) in [6.45, 7) is 6.79. The number of sulfonamides is 1. The van der Waals surface area contributed by atoms with Gasteiger partial charge in [0.05, 0.1) is 11.3 Å². The predicted molar refractivity (Wildman–Crippen MR) is 132 cm³/mol. The van der Waals surface area contributed by atoms with E-state index in [1.807, 2.05) is 55.1 Å². The minimum absolute atomic E-state index is 0.157. The van der Waals surface area contributed by atoms with Gasteiger partial charge < -0.3 is 9.80 Å². The number of carbonyl (C=O) groups excluding carboxylic acids is 1.